The fraction of sp³-hybridized carbons (Fsp3) is 0.900. The molecule has 6 atom stereocenters. The third-order valence-electron chi connectivity index (χ3n) is 8.47. The molecular weight excluding hydrogens is 288 g/mol. The van der Waals surface area contributed by atoms with Gasteiger partial charge >= 0.3 is 0 Å². The maximum Gasteiger partial charge on any atom is 0.189 e. The molecule has 0 radical (unpaired) electrons. The fourth-order valence-corrected chi connectivity index (χ4v) is 7.27. The zero-order valence-electron chi connectivity index (χ0n) is 14.5. The van der Waals surface area contributed by atoms with Crippen LogP contribution in [0.5, 0.6) is 0 Å². The maximum absolute atomic E-state index is 10.5. The van der Waals surface area contributed by atoms with E-state index in [0.29, 0.717) is 0 Å². The Labute approximate surface area is 139 Å². The number of fused-ring (bicyclic) bond motifs is 5. The molecule has 6 unspecified atom stereocenters. The van der Waals surface area contributed by atoms with Gasteiger partial charge in [-0.3, -0.25) is 0 Å². The molecule has 0 amide bonds. The van der Waals surface area contributed by atoms with Crippen LogP contribution in [0.3, 0.4) is 0 Å². The molecule has 1 N–H and O–H groups in total. The van der Waals surface area contributed by atoms with Crippen LogP contribution in [0.25, 0.3) is 0 Å². The summed E-state index contributed by atoms with van der Waals surface area (Å²) in [4.78, 5) is 0. The summed E-state index contributed by atoms with van der Waals surface area (Å²) in [5.41, 5.74) is 2.03. The van der Waals surface area contributed by atoms with Crippen molar-refractivity contribution in [2.24, 2.45) is 28.6 Å². The van der Waals surface area contributed by atoms with Crippen molar-refractivity contribution in [1.82, 2.24) is 0 Å². The first-order chi connectivity index (χ1) is 11.0. The number of aliphatic hydroxyl groups excluding tert-OH is 1. The molecule has 0 aromatic rings. The second kappa shape index (κ2) is 4.62. The highest BCUT2D eigenvalue weighted by atomic mass is 16.7. The third-order valence-corrected chi connectivity index (χ3v) is 8.47. The molecule has 3 saturated carbocycles. The summed E-state index contributed by atoms with van der Waals surface area (Å²) in [6, 6.07) is 0. The summed E-state index contributed by atoms with van der Waals surface area (Å²) >= 11 is 0. The quantitative estimate of drug-likeness (QED) is 0.693. The minimum absolute atomic E-state index is 0.0744. The van der Waals surface area contributed by atoms with E-state index in [1.54, 1.807) is 5.57 Å². The molecule has 23 heavy (non-hydrogen) atoms. The monoisotopic (exact) mass is 318 g/mol. The van der Waals surface area contributed by atoms with Crippen molar-refractivity contribution in [3.8, 4) is 0 Å². The molecule has 1 heterocycles. The van der Waals surface area contributed by atoms with Gasteiger partial charge in [0.2, 0.25) is 0 Å². The van der Waals surface area contributed by atoms with E-state index in [-0.39, 0.29) is 16.9 Å². The van der Waals surface area contributed by atoms with Crippen LogP contribution in [0.2, 0.25) is 0 Å². The molecular formula is C20H30O3. The van der Waals surface area contributed by atoms with Crippen molar-refractivity contribution in [3.63, 3.8) is 0 Å². The van der Waals surface area contributed by atoms with E-state index in [1.165, 1.54) is 32.1 Å². The number of hydrogen-bond acceptors (Lipinski definition) is 3. The minimum atomic E-state index is -0.408. The summed E-state index contributed by atoms with van der Waals surface area (Å²) < 4.78 is 12.0. The van der Waals surface area contributed by atoms with Crippen molar-refractivity contribution >= 4 is 0 Å². The lowest BCUT2D eigenvalue weighted by molar-refractivity contribution is -0.143. The van der Waals surface area contributed by atoms with Gasteiger partial charge in [-0.05, 0) is 73.2 Å². The van der Waals surface area contributed by atoms with Gasteiger partial charge in [-0.25, -0.2) is 0 Å². The van der Waals surface area contributed by atoms with Gasteiger partial charge in [0, 0.05) is 6.42 Å². The van der Waals surface area contributed by atoms with Gasteiger partial charge in [0.1, 0.15) is 0 Å². The lowest BCUT2D eigenvalue weighted by atomic mass is 9.49. The molecule has 4 fully saturated rings. The number of allylic oxidation sites excluding steroid dienone is 1. The third kappa shape index (κ3) is 1.82. The number of rotatable bonds is 0. The number of hydrogen-bond donors (Lipinski definition) is 1. The molecule has 1 spiro atoms. The maximum atomic E-state index is 10.5. The average molecular weight is 318 g/mol. The van der Waals surface area contributed by atoms with Gasteiger partial charge in [-0.2, -0.15) is 0 Å². The van der Waals surface area contributed by atoms with Crippen molar-refractivity contribution < 1.29 is 14.6 Å². The smallest absolute Gasteiger partial charge is 0.189 e. The Morgan fingerprint density at radius 3 is 2.61 bits per heavy atom. The molecule has 4 aliphatic carbocycles. The molecule has 0 aromatic heterocycles. The fourth-order valence-electron chi connectivity index (χ4n) is 7.27. The highest BCUT2D eigenvalue weighted by Gasteiger charge is 2.62. The summed E-state index contributed by atoms with van der Waals surface area (Å²) in [5, 5.41) is 10.5. The molecule has 5 rings (SSSR count). The van der Waals surface area contributed by atoms with Gasteiger partial charge in [0.25, 0.3) is 0 Å². The zero-order chi connectivity index (χ0) is 15.9. The van der Waals surface area contributed by atoms with Crippen LogP contribution in [0.1, 0.15) is 58.8 Å². The molecule has 128 valence electrons. The summed E-state index contributed by atoms with van der Waals surface area (Å²) in [6.45, 7) is 6.31. The standard InChI is InChI=1S/C20H30O3/c1-18-8-7-16-14(15(18)5-6-17(18)21)4-3-13-11-20(12-19(13,16)2)22-9-10-23-20/h11,14-17,21H,3-10,12H2,1-2H3. The molecule has 0 bridgehead atoms. The lowest BCUT2D eigenvalue weighted by Crippen LogP contribution is -2.50. The second-order valence-electron chi connectivity index (χ2n) is 9.33. The number of ether oxygens (including phenoxy) is 2. The van der Waals surface area contributed by atoms with Crippen LogP contribution in [0.4, 0.5) is 0 Å². The van der Waals surface area contributed by atoms with E-state index in [2.05, 4.69) is 19.9 Å². The second-order valence-corrected chi connectivity index (χ2v) is 9.33. The highest BCUT2D eigenvalue weighted by Crippen LogP contribution is 2.67. The van der Waals surface area contributed by atoms with E-state index < -0.39 is 5.79 Å². The molecule has 5 aliphatic rings. The van der Waals surface area contributed by atoms with E-state index >= 15 is 0 Å². The normalized spacial score (nSPS) is 53.8. The van der Waals surface area contributed by atoms with E-state index in [4.69, 9.17) is 9.47 Å². The summed E-state index contributed by atoms with van der Waals surface area (Å²) in [7, 11) is 0. The first-order valence-corrected chi connectivity index (χ1v) is 9.65. The van der Waals surface area contributed by atoms with E-state index in [0.717, 1.165) is 43.8 Å². The van der Waals surface area contributed by atoms with Crippen LogP contribution in [-0.2, 0) is 9.47 Å². The van der Waals surface area contributed by atoms with Crippen molar-refractivity contribution in [2.75, 3.05) is 13.2 Å². The Kier molecular flexibility index (Phi) is 3.00. The first-order valence-electron chi connectivity index (χ1n) is 9.65. The van der Waals surface area contributed by atoms with E-state index in [9.17, 15) is 5.11 Å². The molecule has 3 heteroatoms. The first kappa shape index (κ1) is 14.9. The predicted molar refractivity (Wildman–Crippen MR) is 87.7 cm³/mol. The SMILES string of the molecule is CC12CC3(C=C1CCC1C2CCC2(C)C(O)CCC12)OCCO3. The lowest BCUT2D eigenvalue weighted by Gasteiger charge is -2.56. The van der Waals surface area contributed by atoms with Crippen molar-refractivity contribution in [3.05, 3.63) is 11.6 Å². The van der Waals surface area contributed by atoms with Crippen LogP contribution in [0.15, 0.2) is 11.6 Å². The number of aliphatic hydroxyl groups is 1. The Bertz CT molecular complexity index is 549. The largest absolute Gasteiger partial charge is 0.393 e. The Morgan fingerprint density at radius 1 is 1.04 bits per heavy atom. The molecule has 1 aliphatic heterocycles. The van der Waals surface area contributed by atoms with Gasteiger partial charge < -0.3 is 14.6 Å². The summed E-state index contributed by atoms with van der Waals surface area (Å²) in [6.07, 6.45) is 10.5. The van der Waals surface area contributed by atoms with Gasteiger partial charge in [0.05, 0.1) is 19.3 Å². The van der Waals surface area contributed by atoms with Crippen LogP contribution in [-0.4, -0.2) is 30.2 Å². The van der Waals surface area contributed by atoms with Gasteiger partial charge in [-0.15, -0.1) is 0 Å². The van der Waals surface area contributed by atoms with Crippen LogP contribution in [0, 0.1) is 28.6 Å². The zero-order valence-corrected chi connectivity index (χ0v) is 14.5. The van der Waals surface area contributed by atoms with Gasteiger partial charge in [0.15, 0.2) is 5.79 Å². The Morgan fingerprint density at radius 2 is 1.83 bits per heavy atom. The van der Waals surface area contributed by atoms with Crippen LogP contribution < -0.4 is 0 Å². The van der Waals surface area contributed by atoms with Crippen molar-refractivity contribution in [1.29, 1.82) is 0 Å². The molecule has 3 nitrogen and oxygen atoms in total. The van der Waals surface area contributed by atoms with Gasteiger partial charge in [-0.1, -0.05) is 19.4 Å². The highest BCUT2D eigenvalue weighted by molar-refractivity contribution is 5.31. The minimum Gasteiger partial charge on any atom is -0.393 e. The van der Waals surface area contributed by atoms with Crippen molar-refractivity contribution in [2.45, 2.75) is 70.7 Å². The molecule has 0 aromatic carbocycles. The Balaban J connectivity index is 1.48. The molecule has 1 saturated heterocycles. The Hall–Kier alpha value is -0.380. The van der Waals surface area contributed by atoms with E-state index in [1.807, 2.05) is 0 Å². The topological polar surface area (TPSA) is 38.7 Å². The van der Waals surface area contributed by atoms with Crippen LogP contribution >= 0.6 is 0 Å². The predicted octanol–water partition coefficient (Wildman–Crippen LogP) is 3.66. The average Bonchev–Trinajstić information content (AvgIpc) is 3.16. The summed E-state index contributed by atoms with van der Waals surface area (Å²) in [5.74, 6) is 1.84.